The number of carbonyl (C=O) groups excluding carboxylic acids is 2. The molecule has 1 aliphatic heterocycles. The molecule has 2 amide bonds. The van der Waals surface area contributed by atoms with Gasteiger partial charge in [0.2, 0.25) is 0 Å². The molecular weight excluding hydrogens is 361 g/mol. The van der Waals surface area contributed by atoms with E-state index in [2.05, 4.69) is 20.6 Å². The van der Waals surface area contributed by atoms with Crippen molar-refractivity contribution in [3.63, 3.8) is 0 Å². The van der Waals surface area contributed by atoms with Gasteiger partial charge in [0.05, 0.1) is 0 Å². The molecule has 2 N–H and O–H groups in total. The fraction of sp³-hybridized carbons (Fsp3) is 0.400. The van der Waals surface area contributed by atoms with E-state index in [-0.39, 0.29) is 29.7 Å². The Morgan fingerprint density at radius 1 is 1.18 bits per heavy atom. The monoisotopic (exact) mass is 385 g/mol. The molecule has 1 aromatic heterocycles. The molecule has 1 aromatic carbocycles. The average Bonchev–Trinajstić information content (AvgIpc) is 2.73. The summed E-state index contributed by atoms with van der Waals surface area (Å²) < 4.78 is 13.0. The van der Waals surface area contributed by atoms with Gasteiger partial charge >= 0.3 is 0 Å². The van der Waals surface area contributed by atoms with Gasteiger partial charge in [0.1, 0.15) is 5.82 Å². The van der Waals surface area contributed by atoms with Crippen LogP contribution in [0.2, 0.25) is 0 Å². The van der Waals surface area contributed by atoms with Gasteiger partial charge in [-0.1, -0.05) is 12.1 Å². The van der Waals surface area contributed by atoms with E-state index in [0.717, 1.165) is 24.9 Å². The van der Waals surface area contributed by atoms with E-state index in [4.69, 9.17) is 0 Å². The van der Waals surface area contributed by atoms with E-state index in [1.165, 1.54) is 24.5 Å². The van der Waals surface area contributed by atoms with Gasteiger partial charge in [-0.15, -0.1) is 0 Å². The third-order valence-corrected chi connectivity index (χ3v) is 4.78. The Hall–Kier alpha value is -2.87. The van der Waals surface area contributed by atoms with Gasteiger partial charge in [-0.3, -0.25) is 9.59 Å². The molecular formula is C20H24FN5O2. The number of piperidine rings is 1. The van der Waals surface area contributed by atoms with Crippen LogP contribution in [0.25, 0.3) is 0 Å². The summed E-state index contributed by atoms with van der Waals surface area (Å²) in [6.45, 7) is 2.33. The van der Waals surface area contributed by atoms with Crippen LogP contribution >= 0.6 is 0 Å². The molecule has 148 valence electrons. The van der Waals surface area contributed by atoms with Crippen molar-refractivity contribution in [2.24, 2.45) is 5.92 Å². The summed E-state index contributed by atoms with van der Waals surface area (Å²) in [6.07, 6.45) is 4.79. The molecule has 7 nitrogen and oxygen atoms in total. The molecule has 3 rings (SSSR count). The van der Waals surface area contributed by atoms with Crippen LogP contribution in [0.4, 0.5) is 4.39 Å². The number of hydrogen-bond donors (Lipinski definition) is 2. The van der Waals surface area contributed by atoms with Crippen molar-refractivity contribution in [3.05, 3.63) is 59.4 Å². The molecule has 28 heavy (non-hydrogen) atoms. The molecule has 0 radical (unpaired) electrons. The Morgan fingerprint density at radius 3 is 2.61 bits per heavy atom. The zero-order chi connectivity index (χ0) is 19.9. The predicted octanol–water partition coefficient (Wildman–Crippen LogP) is 1.62. The first-order valence-corrected chi connectivity index (χ1v) is 9.36. The number of likely N-dealkylation sites (tertiary alicyclic amines) is 1. The number of benzene rings is 1. The third-order valence-electron chi connectivity index (χ3n) is 4.78. The molecule has 1 saturated heterocycles. The summed E-state index contributed by atoms with van der Waals surface area (Å²) in [7, 11) is 1.90. The smallest absolute Gasteiger partial charge is 0.274 e. The molecule has 1 unspecified atom stereocenters. The van der Waals surface area contributed by atoms with E-state index >= 15 is 0 Å². The summed E-state index contributed by atoms with van der Waals surface area (Å²) in [5, 5.41) is 5.87. The highest BCUT2D eigenvalue weighted by Crippen LogP contribution is 2.18. The van der Waals surface area contributed by atoms with Crippen LogP contribution in [0.5, 0.6) is 0 Å². The van der Waals surface area contributed by atoms with Crippen LogP contribution in [0.15, 0.2) is 36.7 Å². The maximum Gasteiger partial charge on any atom is 0.274 e. The first-order valence-electron chi connectivity index (χ1n) is 9.36. The van der Waals surface area contributed by atoms with Gasteiger partial charge in [-0.25, -0.2) is 14.4 Å². The quantitative estimate of drug-likeness (QED) is 0.789. The standard InChI is InChI=1S/C20H24FN5O2/c1-22-11-15-3-2-10-26(13-15)20(28)18-17(23-8-9-24-18)19(27)25-12-14-4-6-16(21)7-5-14/h4-9,15,22H,2-3,10-13H2,1H3,(H,25,27). The predicted molar refractivity (Wildman–Crippen MR) is 102 cm³/mol. The Kier molecular flexibility index (Phi) is 6.65. The second kappa shape index (κ2) is 9.36. The molecule has 0 aliphatic carbocycles. The normalized spacial score (nSPS) is 16.6. The third kappa shape index (κ3) is 4.89. The molecule has 2 aromatic rings. The van der Waals surface area contributed by atoms with Crippen LogP contribution in [0.1, 0.15) is 39.4 Å². The van der Waals surface area contributed by atoms with Crippen molar-refractivity contribution >= 4 is 11.8 Å². The second-order valence-electron chi connectivity index (χ2n) is 6.88. The van der Waals surface area contributed by atoms with Gasteiger partial charge in [-0.05, 0) is 50.0 Å². The Bertz CT molecular complexity index is 826. The van der Waals surface area contributed by atoms with E-state index in [1.54, 1.807) is 17.0 Å². The fourth-order valence-electron chi connectivity index (χ4n) is 3.38. The maximum absolute atomic E-state index is 13.0. The number of rotatable bonds is 6. The van der Waals surface area contributed by atoms with Gasteiger partial charge in [0.15, 0.2) is 11.4 Å². The van der Waals surface area contributed by atoms with Crippen LogP contribution in [-0.4, -0.2) is 53.4 Å². The van der Waals surface area contributed by atoms with E-state index < -0.39 is 5.91 Å². The molecule has 1 atom stereocenters. The highest BCUT2D eigenvalue weighted by molar-refractivity contribution is 6.04. The van der Waals surface area contributed by atoms with Gasteiger partial charge < -0.3 is 15.5 Å². The van der Waals surface area contributed by atoms with E-state index in [9.17, 15) is 14.0 Å². The summed E-state index contributed by atoms with van der Waals surface area (Å²) in [6, 6.07) is 5.84. The lowest BCUT2D eigenvalue weighted by atomic mass is 9.97. The SMILES string of the molecule is CNCC1CCCN(C(=O)c2nccnc2C(=O)NCc2ccc(F)cc2)C1. The van der Waals surface area contributed by atoms with Crippen molar-refractivity contribution in [3.8, 4) is 0 Å². The largest absolute Gasteiger partial charge is 0.347 e. The summed E-state index contributed by atoms with van der Waals surface area (Å²) in [4.78, 5) is 35.5. The molecule has 1 aliphatic rings. The van der Waals surface area contributed by atoms with Crippen molar-refractivity contribution in [2.75, 3.05) is 26.7 Å². The molecule has 0 bridgehead atoms. The fourth-order valence-corrected chi connectivity index (χ4v) is 3.38. The summed E-state index contributed by atoms with van der Waals surface area (Å²) >= 11 is 0. The minimum atomic E-state index is -0.482. The lowest BCUT2D eigenvalue weighted by Crippen LogP contribution is -2.43. The highest BCUT2D eigenvalue weighted by Gasteiger charge is 2.28. The van der Waals surface area contributed by atoms with Crippen molar-refractivity contribution in [1.82, 2.24) is 25.5 Å². The number of nitrogens with one attached hydrogen (secondary N) is 2. The van der Waals surface area contributed by atoms with Crippen LogP contribution in [0, 0.1) is 11.7 Å². The lowest BCUT2D eigenvalue weighted by Gasteiger charge is -2.32. The number of halogens is 1. The summed E-state index contributed by atoms with van der Waals surface area (Å²) in [5.74, 6) is -0.712. The van der Waals surface area contributed by atoms with Gasteiger partial charge in [-0.2, -0.15) is 0 Å². The maximum atomic E-state index is 13.0. The summed E-state index contributed by atoms with van der Waals surface area (Å²) in [5.41, 5.74) is 0.812. The van der Waals surface area contributed by atoms with Crippen molar-refractivity contribution in [2.45, 2.75) is 19.4 Å². The number of amides is 2. The zero-order valence-corrected chi connectivity index (χ0v) is 15.8. The number of hydrogen-bond acceptors (Lipinski definition) is 5. The van der Waals surface area contributed by atoms with Gasteiger partial charge in [0.25, 0.3) is 11.8 Å². The molecule has 0 saturated carbocycles. The number of nitrogens with zero attached hydrogens (tertiary/aromatic N) is 3. The molecule has 0 spiro atoms. The first kappa shape index (κ1) is 19.9. The molecule has 8 heteroatoms. The molecule has 1 fully saturated rings. The number of carbonyl (C=O) groups is 2. The number of aromatic nitrogens is 2. The zero-order valence-electron chi connectivity index (χ0n) is 15.8. The Morgan fingerprint density at radius 2 is 1.89 bits per heavy atom. The topological polar surface area (TPSA) is 87.2 Å². The molecule has 2 heterocycles. The average molecular weight is 385 g/mol. The van der Waals surface area contributed by atoms with Crippen LogP contribution < -0.4 is 10.6 Å². The minimum absolute atomic E-state index is 0.00496. The Balaban J connectivity index is 1.70. The van der Waals surface area contributed by atoms with Crippen LogP contribution in [-0.2, 0) is 6.54 Å². The van der Waals surface area contributed by atoms with E-state index in [0.29, 0.717) is 19.0 Å². The first-order chi connectivity index (χ1) is 13.6. The van der Waals surface area contributed by atoms with Gasteiger partial charge in [0, 0.05) is 32.0 Å². The second-order valence-corrected chi connectivity index (χ2v) is 6.88. The van der Waals surface area contributed by atoms with Crippen molar-refractivity contribution in [1.29, 1.82) is 0 Å². The highest BCUT2D eigenvalue weighted by atomic mass is 19.1. The van der Waals surface area contributed by atoms with Crippen molar-refractivity contribution < 1.29 is 14.0 Å². The lowest BCUT2D eigenvalue weighted by molar-refractivity contribution is 0.0662. The van der Waals surface area contributed by atoms with E-state index in [1.807, 2.05) is 7.05 Å². The Labute approximate surface area is 163 Å². The van der Waals surface area contributed by atoms with Crippen LogP contribution in [0.3, 0.4) is 0 Å². The minimum Gasteiger partial charge on any atom is -0.347 e.